The fraction of sp³-hybridized carbons (Fsp3) is 0.440. The number of benzene rings is 2. The highest BCUT2D eigenvalue weighted by molar-refractivity contribution is 8.00. The van der Waals surface area contributed by atoms with Crippen molar-refractivity contribution < 1.29 is 9.59 Å². The van der Waals surface area contributed by atoms with Gasteiger partial charge in [-0.2, -0.15) is 0 Å². The van der Waals surface area contributed by atoms with Gasteiger partial charge in [0, 0.05) is 17.8 Å². The van der Waals surface area contributed by atoms with Gasteiger partial charge in [0.2, 0.25) is 11.8 Å². The van der Waals surface area contributed by atoms with Crippen molar-refractivity contribution >= 4 is 35.0 Å². The number of aryl methyl sites for hydroxylation is 1. The van der Waals surface area contributed by atoms with Crippen molar-refractivity contribution in [2.45, 2.75) is 57.7 Å². The minimum atomic E-state index is -0.0369. The molecular weight excluding hydrogens is 392 g/mol. The average molecular weight is 423 g/mol. The second-order valence-corrected chi connectivity index (χ2v) is 9.57. The lowest BCUT2D eigenvalue weighted by molar-refractivity contribution is -0.117. The summed E-state index contributed by atoms with van der Waals surface area (Å²) in [7, 11) is 0. The van der Waals surface area contributed by atoms with E-state index in [4.69, 9.17) is 0 Å². The highest BCUT2D eigenvalue weighted by Gasteiger charge is 2.34. The van der Waals surface area contributed by atoms with Crippen molar-refractivity contribution in [1.29, 1.82) is 0 Å². The fourth-order valence-corrected chi connectivity index (χ4v) is 5.69. The molecule has 2 fully saturated rings. The van der Waals surface area contributed by atoms with Crippen molar-refractivity contribution in [3.05, 3.63) is 59.2 Å². The molecule has 4 rings (SSSR count). The third kappa shape index (κ3) is 4.56. The first-order valence-electron chi connectivity index (χ1n) is 10.9. The molecule has 2 aliphatic rings. The zero-order valence-corrected chi connectivity index (χ0v) is 18.6. The van der Waals surface area contributed by atoms with Crippen LogP contribution in [0.5, 0.6) is 0 Å². The second-order valence-electron chi connectivity index (χ2n) is 8.51. The van der Waals surface area contributed by atoms with Gasteiger partial charge in [0.15, 0.2) is 0 Å². The summed E-state index contributed by atoms with van der Waals surface area (Å²) in [4.78, 5) is 26.9. The van der Waals surface area contributed by atoms with Crippen LogP contribution in [-0.4, -0.2) is 17.6 Å². The Morgan fingerprint density at radius 2 is 1.83 bits per heavy atom. The van der Waals surface area contributed by atoms with Gasteiger partial charge in [-0.05, 0) is 61.1 Å². The van der Waals surface area contributed by atoms with Crippen LogP contribution in [-0.2, 0) is 9.59 Å². The Hall–Kier alpha value is -2.27. The molecule has 1 unspecified atom stereocenters. The second kappa shape index (κ2) is 9.25. The smallest absolute Gasteiger partial charge is 0.238 e. The monoisotopic (exact) mass is 422 g/mol. The zero-order valence-electron chi connectivity index (χ0n) is 17.8. The summed E-state index contributed by atoms with van der Waals surface area (Å²) in [6, 6.07) is 14.1. The van der Waals surface area contributed by atoms with Crippen LogP contribution < -0.4 is 10.2 Å². The molecule has 1 aliphatic carbocycles. The molecule has 0 radical (unpaired) electrons. The number of nitrogens with zero attached hydrogens (tertiary/aromatic N) is 1. The molecule has 0 bridgehead atoms. The standard InChI is InChI=1S/C25H30N2O2S/c1-17-6-5-9-22(18(17)2)27-24(29)16-30-25(27)20-11-13-21(14-12-20)26-23(28)15-10-19-7-3-4-8-19/h5-6,9,11-14,19,25H,3-4,7-8,10,15-16H2,1-2H3,(H,26,28). The summed E-state index contributed by atoms with van der Waals surface area (Å²) < 4.78 is 0. The number of carbonyl (C=O) groups is 2. The van der Waals surface area contributed by atoms with E-state index >= 15 is 0 Å². The third-order valence-corrected chi connectivity index (χ3v) is 7.65. The largest absolute Gasteiger partial charge is 0.326 e. The van der Waals surface area contributed by atoms with Crippen molar-refractivity contribution in [3.8, 4) is 0 Å². The number of thioether (sulfide) groups is 1. The normalized spacial score (nSPS) is 19.5. The number of amides is 2. The number of nitrogens with one attached hydrogen (secondary N) is 1. The van der Waals surface area contributed by atoms with Gasteiger partial charge in [-0.15, -0.1) is 11.8 Å². The summed E-state index contributed by atoms with van der Waals surface area (Å²) in [5, 5.41) is 2.99. The fourth-order valence-electron chi connectivity index (χ4n) is 4.52. The summed E-state index contributed by atoms with van der Waals surface area (Å²) >= 11 is 1.65. The van der Waals surface area contributed by atoms with Gasteiger partial charge >= 0.3 is 0 Å². The Bertz CT molecular complexity index is 919. The van der Waals surface area contributed by atoms with E-state index < -0.39 is 0 Å². The maximum atomic E-state index is 12.7. The van der Waals surface area contributed by atoms with Gasteiger partial charge in [0.1, 0.15) is 5.37 Å². The Morgan fingerprint density at radius 3 is 2.57 bits per heavy atom. The van der Waals surface area contributed by atoms with Gasteiger partial charge in [-0.1, -0.05) is 49.9 Å². The van der Waals surface area contributed by atoms with E-state index in [1.54, 1.807) is 11.8 Å². The Kier molecular flexibility index (Phi) is 6.47. The first-order valence-corrected chi connectivity index (χ1v) is 12.0. The van der Waals surface area contributed by atoms with Crippen molar-refractivity contribution in [2.75, 3.05) is 16.0 Å². The van der Waals surface area contributed by atoms with E-state index in [0.29, 0.717) is 12.2 Å². The van der Waals surface area contributed by atoms with Crippen LogP contribution in [0.25, 0.3) is 0 Å². The minimum Gasteiger partial charge on any atom is -0.326 e. The van der Waals surface area contributed by atoms with Crippen LogP contribution in [0.3, 0.4) is 0 Å². The molecule has 5 heteroatoms. The number of hydrogen-bond acceptors (Lipinski definition) is 3. The van der Waals surface area contributed by atoms with Gasteiger partial charge in [-0.25, -0.2) is 0 Å². The SMILES string of the molecule is Cc1cccc(N2C(=O)CSC2c2ccc(NC(=O)CCC3CCCC3)cc2)c1C. The zero-order chi connectivity index (χ0) is 21.1. The summed E-state index contributed by atoms with van der Waals surface area (Å²) in [5.74, 6) is 1.45. The van der Waals surface area contributed by atoms with Gasteiger partial charge < -0.3 is 5.32 Å². The lowest BCUT2D eigenvalue weighted by Gasteiger charge is -2.26. The molecular formula is C25H30N2O2S. The van der Waals surface area contributed by atoms with Crippen LogP contribution in [0.15, 0.2) is 42.5 Å². The molecule has 2 amide bonds. The Labute approximate surface area is 183 Å². The van der Waals surface area contributed by atoms with Gasteiger partial charge in [-0.3, -0.25) is 14.5 Å². The third-order valence-electron chi connectivity index (χ3n) is 6.44. The molecule has 2 aromatic rings. The molecule has 1 heterocycles. The van der Waals surface area contributed by atoms with Crippen LogP contribution in [0.4, 0.5) is 11.4 Å². The summed E-state index contributed by atoms with van der Waals surface area (Å²) in [6.45, 7) is 4.15. The van der Waals surface area contributed by atoms with E-state index in [1.807, 2.05) is 41.3 Å². The van der Waals surface area contributed by atoms with E-state index in [1.165, 1.54) is 31.2 Å². The summed E-state index contributed by atoms with van der Waals surface area (Å²) in [6.07, 6.45) is 6.77. The first kappa shape index (κ1) is 21.0. The molecule has 0 aromatic heterocycles. The number of hydrogen-bond donors (Lipinski definition) is 1. The van der Waals surface area contributed by atoms with Crippen molar-refractivity contribution in [3.63, 3.8) is 0 Å². The van der Waals surface area contributed by atoms with E-state index in [2.05, 4.69) is 25.2 Å². The first-order chi connectivity index (χ1) is 14.5. The Morgan fingerprint density at radius 1 is 1.10 bits per heavy atom. The topological polar surface area (TPSA) is 49.4 Å². The molecule has 30 heavy (non-hydrogen) atoms. The predicted molar refractivity (Wildman–Crippen MR) is 125 cm³/mol. The predicted octanol–water partition coefficient (Wildman–Crippen LogP) is 5.99. The maximum Gasteiger partial charge on any atom is 0.238 e. The van der Waals surface area contributed by atoms with Crippen LogP contribution in [0, 0.1) is 19.8 Å². The number of rotatable bonds is 6. The minimum absolute atomic E-state index is 0.0369. The quantitative estimate of drug-likeness (QED) is 0.622. The average Bonchev–Trinajstić information content (AvgIpc) is 3.39. The van der Waals surface area contributed by atoms with Crippen LogP contribution in [0.1, 0.15) is 60.6 Å². The lowest BCUT2D eigenvalue weighted by Crippen LogP contribution is -2.28. The Balaban J connectivity index is 1.43. The van der Waals surface area contributed by atoms with Crippen LogP contribution >= 0.6 is 11.8 Å². The number of anilines is 2. The van der Waals surface area contributed by atoms with E-state index in [9.17, 15) is 9.59 Å². The highest BCUT2D eigenvalue weighted by atomic mass is 32.2. The van der Waals surface area contributed by atoms with E-state index in [0.717, 1.165) is 34.8 Å². The molecule has 1 atom stereocenters. The van der Waals surface area contributed by atoms with Crippen LogP contribution in [0.2, 0.25) is 0 Å². The van der Waals surface area contributed by atoms with E-state index in [-0.39, 0.29) is 17.2 Å². The molecule has 1 aliphatic heterocycles. The van der Waals surface area contributed by atoms with Gasteiger partial charge in [0.05, 0.1) is 5.75 Å². The molecule has 158 valence electrons. The van der Waals surface area contributed by atoms with Crippen molar-refractivity contribution in [1.82, 2.24) is 0 Å². The summed E-state index contributed by atoms with van der Waals surface area (Å²) in [5.41, 5.74) is 5.22. The lowest BCUT2D eigenvalue weighted by atomic mass is 10.0. The molecule has 0 spiro atoms. The molecule has 1 saturated heterocycles. The van der Waals surface area contributed by atoms with Gasteiger partial charge in [0.25, 0.3) is 0 Å². The number of carbonyl (C=O) groups excluding carboxylic acids is 2. The molecule has 1 saturated carbocycles. The maximum absolute atomic E-state index is 12.7. The molecule has 1 N–H and O–H groups in total. The van der Waals surface area contributed by atoms with Crippen molar-refractivity contribution in [2.24, 2.45) is 5.92 Å². The molecule has 4 nitrogen and oxygen atoms in total. The molecule has 2 aromatic carbocycles. The highest BCUT2D eigenvalue weighted by Crippen LogP contribution is 2.43.